The number of Topliss-reactive ketones (excluding diaryl/α,β-unsaturated/α-hetero) is 1. The number of hydrogen-bond acceptors (Lipinski definition) is 3. The third kappa shape index (κ3) is 2.58. The number of aliphatic hydroxyl groups is 1. The van der Waals surface area contributed by atoms with Crippen molar-refractivity contribution in [2.75, 3.05) is 13.1 Å². The quantitative estimate of drug-likeness (QED) is 0.746. The lowest BCUT2D eigenvalue weighted by molar-refractivity contribution is -0.121. The summed E-state index contributed by atoms with van der Waals surface area (Å²) >= 11 is 0. The predicted molar refractivity (Wildman–Crippen MR) is 58.6 cm³/mol. The molecule has 0 aromatic carbocycles. The smallest absolute Gasteiger partial charge is 0.134 e. The second-order valence-corrected chi connectivity index (χ2v) is 5.07. The Morgan fingerprint density at radius 2 is 2.27 bits per heavy atom. The van der Waals surface area contributed by atoms with Crippen LogP contribution in [0.2, 0.25) is 0 Å². The van der Waals surface area contributed by atoms with Crippen LogP contribution >= 0.6 is 0 Å². The summed E-state index contributed by atoms with van der Waals surface area (Å²) in [6, 6.07) is 0.468. The highest BCUT2D eigenvalue weighted by atomic mass is 16.3. The second kappa shape index (κ2) is 4.62. The molecule has 1 aliphatic carbocycles. The fourth-order valence-corrected chi connectivity index (χ4v) is 2.85. The molecule has 1 saturated carbocycles. The van der Waals surface area contributed by atoms with Crippen LogP contribution in [0.3, 0.4) is 0 Å². The molecule has 86 valence electrons. The molecule has 2 fully saturated rings. The van der Waals surface area contributed by atoms with E-state index < -0.39 is 0 Å². The van der Waals surface area contributed by atoms with Crippen LogP contribution in [-0.2, 0) is 4.79 Å². The minimum atomic E-state index is -0.200. The van der Waals surface area contributed by atoms with Gasteiger partial charge in [-0.1, -0.05) is 0 Å². The zero-order chi connectivity index (χ0) is 10.8. The monoisotopic (exact) mass is 211 g/mol. The SMILES string of the molecule is CC(O)C1CCN(C2CCCC(=O)C2)C1. The molecule has 1 aliphatic heterocycles. The highest BCUT2D eigenvalue weighted by molar-refractivity contribution is 5.79. The average Bonchev–Trinajstić information content (AvgIpc) is 2.66. The van der Waals surface area contributed by atoms with Crippen LogP contribution in [0.5, 0.6) is 0 Å². The van der Waals surface area contributed by atoms with Gasteiger partial charge in [0.15, 0.2) is 0 Å². The van der Waals surface area contributed by atoms with Gasteiger partial charge in [-0.2, -0.15) is 0 Å². The molecule has 3 unspecified atom stereocenters. The summed E-state index contributed by atoms with van der Waals surface area (Å²) in [5.41, 5.74) is 0. The lowest BCUT2D eigenvalue weighted by Crippen LogP contribution is -2.38. The Kier molecular flexibility index (Phi) is 3.42. The van der Waals surface area contributed by atoms with Gasteiger partial charge in [-0.3, -0.25) is 9.69 Å². The fourth-order valence-electron chi connectivity index (χ4n) is 2.85. The summed E-state index contributed by atoms with van der Waals surface area (Å²) < 4.78 is 0. The first kappa shape index (κ1) is 11.1. The lowest BCUT2D eigenvalue weighted by Gasteiger charge is -2.30. The van der Waals surface area contributed by atoms with Crippen molar-refractivity contribution in [1.29, 1.82) is 0 Å². The molecule has 2 rings (SSSR count). The van der Waals surface area contributed by atoms with Crippen LogP contribution in [-0.4, -0.2) is 41.0 Å². The van der Waals surface area contributed by atoms with Gasteiger partial charge in [-0.25, -0.2) is 0 Å². The number of hydrogen-bond donors (Lipinski definition) is 1. The zero-order valence-electron chi connectivity index (χ0n) is 9.48. The average molecular weight is 211 g/mol. The molecule has 0 spiro atoms. The summed E-state index contributed by atoms with van der Waals surface area (Å²) in [5.74, 6) is 0.841. The van der Waals surface area contributed by atoms with E-state index in [2.05, 4.69) is 4.90 Å². The van der Waals surface area contributed by atoms with Crippen molar-refractivity contribution in [2.45, 2.75) is 51.2 Å². The Bertz CT molecular complexity index is 240. The summed E-state index contributed by atoms with van der Waals surface area (Å²) in [6.07, 6.45) is 4.63. The van der Waals surface area contributed by atoms with Crippen molar-refractivity contribution in [2.24, 2.45) is 5.92 Å². The summed E-state index contributed by atoms with van der Waals surface area (Å²) in [7, 11) is 0. The third-order valence-electron chi connectivity index (χ3n) is 3.91. The minimum absolute atomic E-state index is 0.200. The fraction of sp³-hybridized carbons (Fsp3) is 0.917. The molecule has 3 heteroatoms. The van der Waals surface area contributed by atoms with Crippen LogP contribution in [0, 0.1) is 5.92 Å². The van der Waals surface area contributed by atoms with Gasteiger partial charge in [-0.15, -0.1) is 0 Å². The van der Waals surface area contributed by atoms with E-state index in [9.17, 15) is 9.90 Å². The summed E-state index contributed by atoms with van der Waals surface area (Å²) in [5, 5.41) is 9.53. The molecule has 1 N–H and O–H groups in total. The Hall–Kier alpha value is -0.410. The molecule has 1 heterocycles. The minimum Gasteiger partial charge on any atom is -0.393 e. The normalized spacial score (nSPS) is 35.7. The summed E-state index contributed by atoms with van der Waals surface area (Å²) in [6.45, 7) is 3.92. The molecule has 15 heavy (non-hydrogen) atoms. The highest BCUT2D eigenvalue weighted by Crippen LogP contribution is 2.27. The molecule has 3 nitrogen and oxygen atoms in total. The maximum absolute atomic E-state index is 11.4. The number of carbonyl (C=O) groups excluding carboxylic acids is 1. The Labute approximate surface area is 91.5 Å². The van der Waals surface area contributed by atoms with E-state index in [-0.39, 0.29) is 6.10 Å². The number of likely N-dealkylation sites (tertiary alicyclic amines) is 1. The van der Waals surface area contributed by atoms with Crippen molar-refractivity contribution >= 4 is 5.78 Å². The van der Waals surface area contributed by atoms with E-state index in [4.69, 9.17) is 0 Å². The van der Waals surface area contributed by atoms with Gasteiger partial charge in [0.25, 0.3) is 0 Å². The maximum atomic E-state index is 11.4. The van der Waals surface area contributed by atoms with Gasteiger partial charge < -0.3 is 5.11 Å². The number of aliphatic hydroxyl groups excluding tert-OH is 1. The zero-order valence-corrected chi connectivity index (χ0v) is 9.48. The maximum Gasteiger partial charge on any atom is 0.134 e. The molecule has 0 amide bonds. The molecule has 0 radical (unpaired) electrons. The first-order valence-corrected chi connectivity index (χ1v) is 6.10. The van der Waals surface area contributed by atoms with Gasteiger partial charge in [0.1, 0.15) is 5.78 Å². The molecule has 1 saturated heterocycles. The molecule has 0 bridgehead atoms. The number of carbonyl (C=O) groups is 1. The Morgan fingerprint density at radius 1 is 1.47 bits per heavy atom. The van der Waals surface area contributed by atoms with Gasteiger partial charge in [0.2, 0.25) is 0 Å². The predicted octanol–water partition coefficient (Wildman–Crippen LogP) is 1.20. The molecule has 0 aromatic rings. The van der Waals surface area contributed by atoms with E-state index in [1.54, 1.807) is 0 Å². The van der Waals surface area contributed by atoms with Gasteiger partial charge in [-0.05, 0) is 38.6 Å². The van der Waals surface area contributed by atoms with Crippen molar-refractivity contribution < 1.29 is 9.90 Å². The molecule has 3 atom stereocenters. The standard InChI is InChI=1S/C12H21NO2/c1-9(14)10-5-6-13(8-10)11-3-2-4-12(15)7-11/h9-11,14H,2-8H2,1H3. The van der Waals surface area contributed by atoms with Crippen LogP contribution in [0.15, 0.2) is 0 Å². The van der Waals surface area contributed by atoms with Gasteiger partial charge in [0.05, 0.1) is 6.10 Å². The first-order chi connectivity index (χ1) is 7.16. The number of nitrogens with zero attached hydrogens (tertiary/aromatic N) is 1. The summed E-state index contributed by atoms with van der Waals surface area (Å²) in [4.78, 5) is 13.8. The van der Waals surface area contributed by atoms with Crippen LogP contribution in [0.4, 0.5) is 0 Å². The second-order valence-electron chi connectivity index (χ2n) is 5.07. The van der Waals surface area contributed by atoms with E-state index in [1.165, 1.54) is 0 Å². The lowest BCUT2D eigenvalue weighted by atomic mass is 9.93. The Balaban J connectivity index is 1.87. The van der Waals surface area contributed by atoms with Crippen molar-refractivity contribution in [3.05, 3.63) is 0 Å². The first-order valence-electron chi connectivity index (χ1n) is 6.10. The van der Waals surface area contributed by atoms with Crippen LogP contribution in [0.25, 0.3) is 0 Å². The number of ketones is 1. The van der Waals surface area contributed by atoms with Crippen molar-refractivity contribution in [1.82, 2.24) is 4.90 Å². The van der Waals surface area contributed by atoms with Crippen LogP contribution < -0.4 is 0 Å². The Morgan fingerprint density at radius 3 is 2.87 bits per heavy atom. The number of rotatable bonds is 2. The van der Waals surface area contributed by atoms with Crippen molar-refractivity contribution in [3.8, 4) is 0 Å². The van der Waals surface area contributed by atoms with Gasteiger partial charge >= 0.3 is 0 Å². The van der Waals surface area contributed by atoms with Crippen LogP contribution in [0.1, 0.15) is 39.0 Å². The highest BCUT2D eigenvalue weighted by Gasteiger charge is 2.32. The van der Waals surface area contributed by atoms with E-state index >= 15 is 0 Å². The topological polar surface area (TPSA) is 40.5 Å². The molecular formula is C12H21NO2. The van der Waals surface area contributed by atoms with E-state index in [0.717, 1.165) is 45.2 Å². The van der Waals surface area contributed by atoms with E-state index in [1.807, 2.05) is 6.92 Å². The molecular weight excluding hydrogens is 190 g/mol. The molecule has 0 aromatic heterocycles. The largest absolute Gasteiger partial charge is 0.393 e. The van der Waals surface area contributed by atoms with E-state index in [0.29, 0.717) is 17.7 Å². The van der Waals surface area contributed by atoms with Crippen molar-refractivity contribution in [3.63, 3.8) is 0 Å². The van der Waals surface area contributed by atoms with Gasteiger partial charge in [0, 0.05) is 25.4 Å². The molecule has 2 aliphatic rings. The third-order valence-corrected chi connectivity index (χ3v) is 3.91.